The molecule has 0 aliphatic heterocycles. The lowest BCUT2D eigenvalue weighted by atomic mass is 10.2. The van der Waals surface area contributed by atoms with Crippen LogP contribution in [0.3, 0.4) is 0 Å². The van der Waals surface area contributed by atoms with E-state index < -0.39 is 11.8 Å². The molecular weight excluding hydrogens is 325 g/mol. The van der Waals surface area contributed by atoms with Crippen LogP contribution < -0.4 is 15.4 Å². The fourth-order valence-corrected chi connectivity index (χ4v) is 2.90. The van der Waals surface area contributed by atoms with E-state index in [2.05, 4.69) is 20.7 Å². The standard InChI is InChI=1S/C17H22FN5O2/c1-12(9-23-11-19-10-20-23)21-17(24)22-13-6-7-16(15(18)8-13)25-14-4-2-3-5-14/h6-8,10-12,14H,2-5,9H2,1H3,(H2,21,22,24). The molecule has 0 bridgehead atoms. The quantitative estimate of drug-likeness (QED) is 0.842. The molecule has 134 valence electrons. The van der Waals surface area contributed by atoms with E-state index in [-0.39, 0.29) is 17.9 Å². The smallest absolute Gasteiger partial charge is 0.319 e. The van der Waals surface area contributed by atoms with Crippen molar-refractivity contribution in [3.8, 4) is 5.75 Å². The van der Waals surface area contributed by atoms with Crippen molar-refractivity contribution >= 4 is 11.7 Å². The summed E-state index contributed by atoms with van der Waals surface area (Å²) in [6.07, 6.45) is 7.28. The van der Waals surface area contributed by atoms with E-state index in [0.29, 0.717) is 12.2 Å². The number of ether oxygens (including phenoxy) is 1. The Morgan fingerprint density at radius 1 is 1.44 bits per heavy atom. The third-order valence-corrected chi connectivity index (χ3v) is 4.09. The Morgan fingerprint density at radius 3 is 2.92 bits per heavy atom. The van der Waals surface area contributed by atoms with Crippen LogP contribution in [0.1, 0.15) is 32.6 Å². The average molecular weight is 347 g/mol. The summed E-state index contributed by atoms with van der Waals surface area (Å²) in [6, 6.07) is 3.90. The molecule has 1 aromatic carbocycles. The molecular formula is C17H22FN5O2. The van der Waals surface area contributed by atoms with Crippen molar-refractivity contribution in [3.63, 3.8) is 0 Å². The lowest BCUT2D eigenvalue weighted by Crippen LogP contribution is -2.38. The topological polar surface area (TPSA) is 81.1 Å². The van der Waals surface area contributed by atoms with Crippen LogP contribution in [0.4, 0.5) is 14.9 Å². The zero-order chi connectivity index (χ0) is 17.6. The molecule has 25 heavy (non-hydrogen) atoms. The summed E-state index contributed by atoms with van der Waals surface area (Å²) < 4.78 is 21.4. The summed E-state index contributed by atoms with van der Waals surface area (Å²) in [5, 5.41) is 9.37. The Kier molecular flexibility index (Phi) is 5.47. The van der Waals surface area contributed by atoms with Crippen molar-refractivity contribution in [1.82, 2.24) is 20.1 Å². The van der Waals surface area contributed by atoms with E-state index in [9.17, 15) is 9.18 Å². The summed E-state index contributed by atoms with van der Waals surface area (Å²) in [5.41, 5.74) is 0.377. The molecule has 1 aromatic heterocycles. The zero-order valence-corrected chi connectivity index (χ0v) is 14.1. The fourth-order valence-electron chi connectivity index (χ4n) is 2.90. The molecule has 2 N–H and O–H groups in total. The number of nitrogens with zero attached hydrogens (tertiary/aromatic N) is 3. The predicted molar refractivity (Wildman–Crippen MR) is 90.9 cm³/mol. The van der Waals surface area contributed by atoms with Gasteiger partial charge in [-0.05, 0) is 44.7 Å². The number of hydrogen-bond acceptors (Lipinski definition) is 4. The maximum Gasteiger partial charge on any atom is 0.319 e. The minimum Gasteiger partial charge on any atom is -0.487 e. The third kappa shape index (κ3) is 4.91. The zero-order valence-electron chi connectivity index (χ0n) is 14.1. The summed E-state index contributed by atoms with van der Waals surface area (Å²) in [6.45, 7) is 2.34. The van der Waals surface area contributed by atoms with Gasteiger partial charge in [0.25, 0.3) is 0 Å². The van der Waals surface area contributed by atoms with Crippen LogP contribution in [-0.4, -0.2) is 32.9 Å². The molecule has 1 aliphatic rings. The van der Waals surface area contributed by atoms with Gasteiger partial charge >= 0.3 is 6.03 Å². The molecule has 2 aromatic rings. The maximum absolute atomic E-state index is 14.2. The molecule has 1 atom stereocenters. The van der Waals surface area contributed by atoms with Gasteiger partial charge in [0.1, 0.15) is 12.7 Å². The SMILES string of the molecule is CC(Cn1cncn1)NC(=O)Nc1ccc(OC2CCCC2)c(F)c1. The summed E-state index contributed by atoms with van der Waals surface area (Å²) >= 11 is 0. The third-order valence-electron chi connectivity index (χ3n) is 4.09. The lowest BCUT2D eigenvalue weighted by molar-refractivity contribution is 0.201. The lowest BCUT2D eigenvalue weighted by Gasteiger charge is -2.16. The number of anilines is 1. The summed E-state index contributed by atoms with van der Waals surface area (Å²) in [4.78, 5) is 15.9. The first-order chi connectivity index (χ1) is 12.1. The number of carbonyl (C=O) groups excluding carboxylic acids is 1. The van der Waals surface area contributed by atoms with Crippen LogP contribution in [0.5, 0.6) is 5.75 Å². The van der Waals surface area contributed by atoms with Crippen LogP contribution in [0.2, 0.25) is 0 Å². The Bertz CT molecular complexity index is 701. The summed E-state index contributed by atoms with van der Waals surface area (Å²) in [7, 11) is 0. The number of aromatic nitrogens is 3. The van der Waals surface area contributed by atoms with Crippen LogP contribution in [0.25, 0.3) is 0 Å². The van der Waals surface area contributed by atoms with Gasteiger partial charge in [0.2, 0.25) is 0 Å². The van der Waals surface area contributed by atoms with Gasteiger partial charge in [-0.25, -0.2) is 14.2 Å². The molecule has 1 fully saturated rings. The second-order valence-electron chi connectivity index (χ2n) is 6.29. The first-order valence-electron chi connectivity index (χ1n) is 8.46. The van der Waals surface area contributed by atoms with Crippen LogP contribution in [0.15, 0.2) is 30.9 Å². The van der Waals surface area contributed by atoms with E-state index in [0.717, 1.165) is 25.7 Å². The van der Waals surface area contributed by atoms with Crippen molar-refractivity contribution in [1.29, 1.82) is 0 Å². The van der Waals surface area contributed by atoms with Gasteiger partial charge in [-0.1, -0.05) is 0 Å². The Labute approximate surface area is 145 Å². The van der Waals surface area contributed by atoms with Gasteiger partial charge in [0, 0.05) is 17.8 Å². The van der Waals surface area contributed by atoms with Crippen LogP contribution in [0, 0.1) is 5.82 Å². The Balaban J connectivity index is 1.51. The van der Waals surface area contributed by atoms with Crippen molar-refractivity contribution in [3.05, 3.63) is 36.7 Å². The van der Waals surface area contributed by atoms with Gasteiger partial charge in [0.15, 0.2) is 11.6 Å². The highest BCUT2D eigenvalue weighted by Crippen LogP contribution is 2.27. The average Bonchev–Trinajstić information content (AvgIpc) is 3.23. The number of rotatable bonds is 6. The highest BCUT2D eigenvalue weighted by Gasteiger charge is 2.18. The van der Waals surface area contributed by atoms with Gasteiger partial charge < -0.3 is 15.4 Å². The Hall–Kier alpha value is -2.64. The number of amides is 2. The second kappa shape index (κ2) is 7.96. The largest absolute Gasteiger partial charge is 0.487 e. The van der Waals surface area contributed by atoms with E-state index >= 15 is 0 Å². The van der Waals surface area contributed by atoms with Crippen molar-refractivity contribution < 1.29 is 13.9 Å². The first-order valence-corrected chi connectivity index (χ1v) is 8.46. The van der Waals surface area contributed by atoms with E-state index in [4.69, 9.17) is 4.74 Å². The van der Waals surface area contributed by atoms with Gasteiger partial charge in [-0.15, -0.1) is 0 Å². The van der Waals surface area contributed by atoms with Crippen molar-refractivity contribution in [2.24, 2.45) is 0 Å². The van der Waals surface area contributed by atoms with Gasteiger partial charge in [-0.3, -0.25) is 4.68 Å². The minimum absolute atomic E-state index is 0.0919. The van der Waals surface area contributed by atoms with Crippen molar-refractivity contribution in [2.45, 2.75) is 51.3 Å². The number of hydrogen-bond donors (Lipinski definition) is 2. The molecule has 1 heterocycles. The molecule has 1 saturated carbocycles. The number of carbonyl (C=O) groups is 1. The second-order valence-corrected chi connectivity index (χ2v) is 6.29. The van der Waals surface area contributed by atoms with E-state index in [1.165, 1.54) is 12.4 Å². The first kappa shape index (κ1) is 17.2. The fraction of sp³-hybridized carbons (Fsp3) is 0.471. The molecule has 3 rings (SSSR count). The van der Waals surface area contributed by atoms with Gasteiger partial charge in [0.05, 0.1) is 12.6 Å². The minimum atomic E-state index is -0.472. The highest BCUT2D eigenvalue weighted by molar-refractivity contribution is 5.89. The molecule has 0 radical (unpaired) electrons. The number of nitrogens with one attached hydrogen (secondary N) is 2. The number of halogens is 1. The monoisotopic (exact) mass is 347 g/mol. The van der Waals surface area contributed by atoms with Crippen LogP contribution in [-0.2, 0) is 6.54 Å². The summed E-state index contributed by atoms with van der Waals surface area (Å²) in [5.74, 6) is -0.238. The Morgan fingerprint density at radius 2 is 2.24 bits per heavy atom. The number of urea groups is 1. The molecule has 1 aliphatic carbocycles. The molecule has 2 amide bonds. The van der Waals surface area contributed by atoms with Crippen LogP contribution >= 0.6 is 0 Å². The van der Waals surface area contributed by atoms with Crippen molar-refractivity contribution in [2.75, 3.05) is 5.32 Å². The van der Waals surface area contributed by atoms with E-state index in [1.54, 1.807) is 23.1 Å². The molecule has 8 heteroatoms. The van der Waals surface area contributed by atoms with Gasteiger partial charge in [-0.2, -0.15) is 5.10 Å². The van der Waals surface area contributed by atoms with E-state index in [1.807, 2.05) is 6.92 Å². The maximum atomic E-state index is 14.2. The molecule has 0 saturated heterocycles. The highest BCUT2D eigenvalue weighted by atomic mass is 19.1. The molecule has 1 unspecified atom stereocenters. The normalized spacial score (nSPS) is 15.8. The predicted octanol–water partition coefficient (Wildman–Crippen LogP) is 2.95. The molecule has 0 spiro atoms. The molecule has 7 nitrogen and oxygen atoms in total. The number of benzene rings is 1.